The van der Waals surface area contributed by atoms with Gasteiger partial charge in [0.25, 0.3) is 0 Å². The van der Waals surface area contributed by atoms with Crippen molar-refractivity contribution in [2.45, 2.75) is 45.6 Å². The van der Waals surface area contributed by atoms with Crippen LogP contribution in [0.3, 0.4) is 0 Å². The highest BCUT2D eigenvalue weighted by atomic mass is 16.3. The summed E-state index contributed by atoms with van der Waals surface area (Å²) in [6.45, 7) is 7.52. The molecule has 0 aliphatic heterocycles. The highest BCUT2D eigenvalue weighted by Gasteiger charge is 2.41. The first-order valence-corrected chi connectivity index (χ1v) is 6.02. The standard InChI is InChI=1S/C12H23NO/c1-3-13(9-12(2)4-5-12)11-6-10(7-11)8-14/h10-11,14H,3-9H2,1-2H3. The minimum atomic E-state index is 0.394. The topological polar surface area (TPSA) is 23.5 Å². The molecule has 1 N–H and O–H groups in total. The molecule has 0 unspecified atom stereocenters. The van der Waals surface area contributed by atoms with Gasteiger partial charge in [0.2, 0.25) is 0 Å². The average Bonchev–Trinajstić information content (AvgIpc) is 2.80. The molecule has 0 bridgehead atoms. The quantitative estimate of drug-likeness (QED) is 0.727. The predicted octanol–water partition coefficient (Wildman–Crippen LogP) is 1.88. The van der Waals surface area contributed by atoms with E-state index in [4.69, 9.17) is 5.11 Å². The summed E-state index contributed by atoms with van der Waals surface area (Å²) in [5.74, 6) is 0.598. The van der Waals surface area contributed by atoms with Gasteiger partial charge < -0.3 is 10.0 Å². The molecule has 0 heterocycles. The van der Waals surface area contributed by atoms with Crippen molar-refractivity contribution in [3.8, 4) is 0 Å². The molecule has 2 aliphatic rings. The van der Waals surface area contributed by atoms with Gasteiger partial charge in [0.15, 0.2) is 0 Å². The minimum absolute atomic E-state index is 0.394. The molecular formula is C12H23NO. The lowest BCUT2D eigenvalue weighted by molar-refractivity contribution is 0.0380. The summed E-state index contributed by atoms with van der Waals surface area (Å²) in [4.78, 5) is 2.62. The van der Waals surface area contributed by atoms with Crippen LogP contribution in [0.1, 0.15) is 39.5 Å². The summed E-state index contributed by atoms with van der Waals surface area (Å²) in [6.07, 6.45) is 5.28. The van der Waals surface area contributed by atoms with Crippen LogP contribution in [0, 0.1) is 11.3 Å². The fourth-order valence-electron chi connectivity index (χ4n) is 2.51. The van der Waals surface area contributed by atoms with Crippen molar-refractivity contribution >= 4 is 0 Å². The first kappa shape index (κ1) is 10.4. The van der Waals surface area contributed by atoms with E-state index in [2.05, 4.69) is 18.7 Å². The summed E-state index contributed by atoms with van der Waals surface area (Å²) >= 11 is 0. The van der Waals surface area contributed by atoms with Gasteiger partial charge in [-0.3, -0.25) is 0 Å². The molecule has 0 radical (unpaired) electrons. The van der Waals surface area contributed by atoms with Crippen molar-refractivity contribution < 1.29 is 5.11 Å². The normalized spacial score (nSPS) is 34.3. The van der Waals surface area contributed by atoms with Gasteiger partial charge in [0, 0.05) is 19.2 Å². The Morgan fingerprint density at radius 2 is 2.00 bits per heavy atom. The van der Waals surface area contributed by atoms with Crippen LogP contribution in [0.25, 0.3) is 0 Å². The summed E-state index contributed by atoms with van der Waals surface area (Å²) < 4.78 is 0. The number of rotatable bonds is 5. The highest BCUT2D eigenvalue weighted by Crippen LogP contribution is 2.46. The Morgan fingerprint density at radius 1 is 1.36 bits per heavy atom. The molecule has 2 nitrogen and oxygen atoms in total. The summed E-state index contributed by atoms with van der Waals surface area (Å²) in [7, 11) is 0. The molecule has 0 atom stereocenters. The third-order valence-electron chi connectivity index (χ3n) is 4.08. The maximum Gasteiger partial charge on any atom is 0.0460 e. The van der Waals surface area contributed by atoms with Gasteiger partial charge in [0.05, 0.1) is 0 Å². The molecular weight excluding hydrogens is 174 g/mol. The Kier molecular flexibility index (Phi) is 2.85. The molecule has 0 amide bonds. The molecule has 0 aromatic heterocycles. The molecule has 2 rings (SSSR count). The molecule has 2 heteroatoms. The van der Waals surface area contributed by atoms with E-state index in [-0.39, 0.29) is 0 Å². The lowest BCUT2D eigenvalue weighted by Crippen LogP contribution is -2.47. The molecule has 14 heavy (non-hydrogen) atoms. The second-order valence-corrected chi connectivity index (χ2v) is 5.55. The van der Waals surface area contributed by atoms with Crippen LogP contribution in [-0.4, -0.2) is 35.7 Å². The maximum atomic E-state index is 8.98. The summed E-state index contributed by atoms with van der Waals surface area (Å²) in [5.41, 5.74) is 0.639. The minimum Gasteiger partial charge on any atom is -0.396 e. The largest absolute Gasteiger partial charge is 0.396 e. The molecule has 0 saturated heterocycles. The fraction of sp³-hybridized carbons (Fsp3) is 1.00. The second-order valence-electron chi connectivity index (χ2n) is 5.55. The molecule has 2 saturated carbocycles. The molecule has 2 aliphatic carbocycles. The van der Waals surface area contributed by atoms with E-state index >= 15 is 0 Å². The number of hydrogen-bond acceptors (Lipinski definition) is 2. The lowest BCUT2D eigenvalue weighted by atomic mass is 9.79. The van der Waals surface area contributed by atoms with E-state index in [1.165, 1.54) is 38.8 Å². The van der Waals surface area contributed by atoms with Crippen molar-refractivity contribution in [2.75, 3.05) is 19.7 Å². The van der Waals surface area contributed by atoms with E-state index in [1.54, 1.807) is 0 Å². The van der Waals surface area contributed by atoms with Crippen molar-refractivity contribution in [3.63, 3.8) is 0 Å². The van der Waals surface area contributed by atoms with E-state index in [1.807, 2.05) is 0 Å². The van der Waals surface area contributed by atoms with E-state index in [0.717, 1.165) is 6.04 Å². The van der Waals surface area contributed by atoms with Crippen LogP contribution >= 0.6 is 0 Å². The SMILES string of the molecule is CCN(CC1(C)CC1)C1CC(CO)C1. The van der Waals surface area contributed by atoms with Crippen LogP contribution in [0.2, 0.25) is 0 Å². The molecule has 0 spiro atoms. The van der Waals surface area contributed by atoms with E-state index in [9.17, 15) is 0 Å². The predicted molar refractivity (Wildman–Crippen MR) is 58.2 cm³/mol. The van der Waals surface area contributed by atoms with Gasteiger partial charge in [-0.2, -0.15) is 0 Å². The zero-order valence-electron chi connectivity index (χ0n) is 9.50. The van der Waals surface area contributed by atoms with Crippen molar-refractivity contribution in [2.24, 2.45) is 11.3 Å². The molecule has 0 aromatic rings. The number of aliphatic hydroxyl groups excluding tert-OH is 1. The van der Waals surface area contributed by atoms with Gasteiger partial charge in [0.1, 0.15) is 0 Å². The average molecular weight is 197 g/mol. The third kappa shape index (κ3) is 2.12. The van der Waals surface area contributed by atoms with Crippen molar-refractivity contribution in [1.82, 2.24) is 4.90 Å². The summed E-state index contributed by atoms with van der Waals surface area (Å²) in [6, 6.07) is 0.773. The van der Waals surface area contributed by atoms with Gasteiger partial charge in [-0.15, -0.1) is 0 Å². The van der Waals surface area contributed by atoms with Crippen LogP contribution in [-0.2, 0) is 0 Å². The number of hydrogen-bond donors (Lipinski definition) is 1. The van der Waals surface area contributed by atoms with E-state index in [0.29, 0.717) is 17.9 Å². The van der Waals surface area contributed by atoms with E-state index < -0.39 is 0 Å². The third-order valence-corrected chi connectivity index (χ3v) is 4.08. The Morgan fingerprint density at radius 3 is 2.43 bits per heavy atom. The zero-order chi connectivity index (χ0) is 10.2. The van der Waals surface area contributed by atoms with Gasteiger partial charge in [-0.05, 0) is 43.6 Å². The van der Waals surface area contributed by atoms with Gasteiger partial charge in [-0.25, -0.2) is 0 Å². The van der Waals surface area contributed by atoms with Crippen LogP contribution in [0.5, 0.6) is 0 Å². The smallest absolute Gasteiger partial charge is 0.0460 e. The van der Waals surface area contributed by atoms with Crippen molar-refractivity contribution in [3.05, 3.63) is 0 Å². The van der Waals surface area contributed by atoms with Crippen molar-refractivity contribution in [1.29, 1.82) is 0 Å². The Labute approximate surface area is 87.3 Å². The Hall–Kier alpha value is -0.0800. The molecule has 0 aromatic carbocycles. The number of nitrogens with zero attached hydrogens (tertiary/aromatic N) is 1. The Bertz CT molecular complexity index is 194. The zero-order valence-corrected chi connectivity index (χ0v) is 9.50. The summed E-state index contributed by atoms with van der Waals surface area (Å²) in [5, 5.41) is 8.98. The monoisotopic (exact) mass is 197 g/mol. The first-order valence-electron chi connectivity index (χ1n) is 6.02. The van der Waals surface area contributed by atoms with Crippen LogP contribution < -0.4 is 0 Å². The fourth-order valence-corrected chi connectivity index (χ4v) is 2.51. The Balaban J connectivity index is 1.76. The van der Waals surface area contributed by atoms with Gasteiger partial charge in [-0.1, -0.05) is 13.8 Å². The highest BCUT2D eigenvalue weighted by molar-refractivity contribution is 4.95. The van der Waals surface area contributed by atoms with Crippen LogP contribution in [0.15, 0.2) is 0 Å². The second kappa shape index (κ2) is 3.82. The number of aliphatic hydroxyl groups is 1. The lowest BCUT2D eigenvalue weighted by Gasteiger charge is -2.43. The van der Waals surface area contributed by atoms with Gasteiger partial charge >= 0.3 is 0 Å². The van der Waals surface area contributed by atoms with Crippen LogP contribution in [0.4, 0.5) is 0 Å². The molecule has 82 valence electrons. The maximum absolute atomic E-state index is 8.98. The molecule has 2 fully saturated rings. The first-order chi connectivity index (χ1) is 6.67.